The number of hydrogen-bond donors (Lipinski definition) is 3. The van der Waals surface area contributed by atoms with Gasteiger partial charge in [0.2, 0.25) is 10.0 Å². The van der Waals surface area contributed by atoms with Crippen LogP contribution in [0.4, 0.5) is 21.5 Å². The molecule has 0 radical (unpaired) electrons. The molecular formula is C36H36FN9O3S. The average Bonchev–Trinajstić information content (AvgIpc) is 3.75. The predicted molar refractivity (Wildman–Crippen MR) is 189 cm³/mol. The summed E-state index contributed by atoms with van der Waals surface area (Å²) < 4.78 is 42.4. The number of anilines is 3. The number of benzene rings is 2. The van der Waals surface area contributed by atoms with Crippen LogP contribution in [-0.2, 0) is 22.0 Å². The number of halogens is 1. The number of fused-ring (bicyclic) bond motifs is 1. The first-order valence-electron chi connectivity index (χ1n) is 15.9. The lowest BCUT2D eigenvalue weighted by molar-refractivity contribution is 0.102. The third kappa shape index (κ3) is 7.38. The van der Waals surface area contributed by atoms with Gasteiger partial charge in [-0.2, -0.15) is 14.7 Å². The van der Waals surface area contributed by atoms with Gasteiger partial charge in [-0.25, -0.2) is 17.8 Å². The zero-order valence-electron chi connectivity index (χ0n) is 28.1. The summed E-state index contributed by atoms with van der Waals surface area (Å²) in [5.41, 5.74) is 4.83. The molecule has 4 heterocycles. The van der Waals surface area contributed by atoms with E-state index in [1.165, 1.54) is 22.7 Å². The van der Waals surface area contributed by atoms with Crippen LogP contribution in [0, 0.1) is 35.9 Å². The van der Waals surface area contributed by atoms with Crippen LogP contribution < -0.4 is 10.6 Å². The van der Waals surface area contributed by atoms with Gasteiger partial charge in [-0.1, -0.05) is 12.0 Å². The van der Waals surface area contributed by atoms with E-state index in [0.717, 1.165) is 22.5 Å². The van der Waals surface area contributed by atoms with Crippen LogP contribution in [0.2, 0.25) is 0 Å². The van der Waals surface area contributed by atoms with Crippen molar-refractivity contribution < 1.29 is 17.6 Å². The Bertz CT molecular complexity index is 2290. The molecule has 1 aliphatic heterocycles. The Morgan fingerprint density at radius 2 is 1.86 bits per heavy atom. The minimum absolute atomic E-state index is 0.168. The zero-order chi connectivity index (χ0) is 35.6. The van der Waals surface area contributed by atoms with Crippen molar-refractivity contribution in [1.82, 2.24) is 28.8 Å². The van der Waals surface area contributed by atoms with E-state index in [0.29, 0.717) is 60.9 Å². The van der Waals surface area contributed by atoms with Gasteiger partial charge >= 0.3 is 0 Å². The third-order valence-electron chi connectivity index (χ3n) is 8.71. The molecule has 256 valence electrons. The number of aromatic nitrogens is 4. The minimum atomic E-state index is -3.26. The lowest BCUT2D eigenvalue weighted by atomic mass is 9.82. The first kappa shape index (κ1) is 34.3. The maximum atomic E-state index is 15.2. The van der Waals surface area contributed by atoms with Crippen molar-refractivity contribution in [2.24, 2.45) is 0 Å². The van der Waals surface area contributed by atoms with E-state index >= 15 is 4.39 Å². The van der Waals surface area contributed by atoms with Crippen LogP contribution in [0.25, 0.3) is 5.65 Å². The molecule has 1 amide bonds. The molecule has 0 unspecified atom stereocenters. The van der Waals surface area contributed by atoms with E-state index in [4.69, 9.17) is 0 Å². The number of nitrogens with one attached hydrogen (secondary N) is 3. The summed E-state index contributed by atoms with van der Waals surface area (Å²) >= 11 is 0. The first-order valence-corrected chi connectivity index (χ1v) is 17.7. The number of nitriles is 1. The van der Waals surface area contributed by atoms with E-state index in [1.54, 1.807) is 51.5 Å². The molecule has 5 aromatic rings. The van der Waals surface area contributed by atoms with Gasteiger partial charge in [0, 0.05) is 56.4 Å². The Morgan fingerprint density at radius 1 is 1.08 bits per heavy atom. The molecule has 6 rings (SSSR count). The van der Waals surface area contributed by atoms with E-state index in [1.807, 2.05) is 28.8 Å². The molecule has 0 spiro atoms. The minimum Gasteiger partial charge on any atom is -0.350 e. The number of nitrogens with zero attached hydrogens (tertiary/aromatic N) is 6. The summed E-state index contributed by atoms with van der Waals surface area (Å²) in [6, 6.07) is 14.1. The maximum Gasteiger partial charge on any atom is 0.258 e. The van der Waals surface area contributed by atoms with Gasteiger partial charge in [-0.15, -0.1) is 0 Å². The summed E-state index contributed by atoms with van der Waals surface area (Å²) in [4.78, 5) is 20.1. The molecule has 0 bridgehead atoms. The van der Waals surface area contributed by atoms with Gasteiger partial charge in [0.1, 0.15) is 11.5 Å². The number of pyridine rings is 1. The maximum absolute atomic E-state index is 15.2. The molecule has 0 atom stereocenters. The monoisotopic (exact) mass is 693 g/mol. The molecule has 0 aliphatic carbocycles. The molecule has 14 heteroatoms. The lowest BCUT2D eigenvalue weighted by Gasteiger charge is -2.34. The summed E-state index contributed by atoms with van der Waals surface area (Å²) in [6.07, 6.45) is 8.09. The number of sulfonamides is 1. The lowest BCUT2D eigenvalue weighted by Crippen LogP contribution is -2.48. The van der Waals surface area contributed by atoms with Crippen molar-refractivity contribution in [2.75, 3.05) is 43.1 Å². The fourth-order valence-electron chi connectivity index (χ4n) is 5.88. The number of carbonyl (C=O) groups is 1. The molecule has 1 saturated heterocycles. The van der Waals surface area contributed by atoms with E-state index in [-0.39, 0.29) is 5.56 Å². The summed E-state index contributed by atoms with van der Waals surface area (Å²) in [5.74, 6) is 4.86. The van der Waals surface area contributed by atoms with Crippen LogP contribution in [0.3, 0.4) is 0 Å². The Morgan fingerprint density at radius 3 is 2.56 bits per heavy atom. The van der Waals surface area contributed by atoms with Crippen molar-refractivity contribution in [3.8, 4) is 17.9 Å². The van der Waals surface area contributed by atoms with Gasteiger partial charge in [0.15, 0.2) is 5.65 Å². The second-order valence-electron chi connectivity index (χ2n) is 12.8. The molecule has 0 saturated carbocycles. The Hall–Kier alpha value is -5.54. The number of aryl methyl sites for hydroxylation is 1. The van der Waals surface area contributed by atoms with Gasteiger partial charge in [-0.3, -0.25) is 19.2 Å². The van der Waals surface area contributed by atoms with Crippen LogP contribution in [0.15, 0.2) is 67.3 Å². The normalized spacial score (nSPS) is 14.2. The standard InChI is InChI=1S/C36H36FN9O3S/c1-24-16-32(37)30(17-25(24)8-10-29-21-39-34-33(6-5-11-46(29)34)42-28-19-40-41-20-28)35(47)43-27-9-7-26(31(18-27)36(2,3)23-38)22-44-12-14-45(15-13-44)50(4,48)49/h5-7,9,11,16-21,42H,12-15,22H2,1-4H3,(H,40,41)(H,43,47). The number of piperazine rings is 1. The highest BCUT2D eigenvalue weighted by Gasteiger charge is 2.28. The van der Waals surface area contributed by atoms with Crippen LogP contribution >= 0.6 is 0 Å². The smallest absolute Gasteiger partial charge is 0.258 e. The number of amides is 1. The second kappa shape index (κ2) is 13.8. The largest absolute Gasteiger partial charge is 0.350 e. The second-order valence-corrected chi connectivity index (χ2v) is 14.8. The summed E-state index contributed by atoms with van der Waals surface area (Å²) in [7, 11) is -3.26. The molecule has 1 fully saturated rings. The fourth-order valence-corrected chi connectivity index (χ4v) is 6.71. The topological polar surface area (TPSA) is 152 Å². The van der Waals surface area contributed by atoms with Crippen molar-refractivity contribution in [2.45, 2.75) is 32.7 Å². The molecule has 2 aromatic carbocycles. The summed E-state index contributed by atoms with van der Waals surface area (Å²) in [6.45, 7) is 7.72. The van der Waals surface area contributed by atoms with Gasteiger partial charge in [0.25, 0.3) is 5.91 Å². The van der Waals surface area contributed by atoms with Crippen molar-refractivity contribution >= 4 is 38.6 Å². The number of rotatable bonds is 8. The number of aromatic amines is 1. The fraction of sp³-hybridized carbons (Fsp3) is 0.278. The van der Waals surface area contributed by atoms with Crippen molar-refractivity contribution in [1.29, 1.82) is 5.26 Å². The number of hydrogen-bond acceptors (Lipinski definition) is 8. The first-order chi connectivity index (χ1) is 23.8. The van der Waals surface area contributed by atoms with Crippen molar-refractivity contribution in [3.05, 3.63) is 107 Å². The van der Waals surface area contributed by atoms with E-state index in [9.17, 15) is 18.5 Å². The molecular weight excluding hydrogens is 658 g/mol. The van der Waals surface area contributed by atoms with Crippen LogP contribution in [0.5, 0.6) is 0 Å². The molecule has 3 N–H and O–H groups in total. The highest BCUT2D eigenvalue weighted by molar-refractivity contribution is 7.88. The quantitative estimate of drug-likeness (QED) is 0.197. The number of H-pyrrole nitrogens is 1. The van der Waals surface area contributed by atoms with Crippen molar-refractivity contribution in [3.63, 3.8) is 0 Å². The zero-order valence-corrected chi connectivity index (χ0v) is 28.9. The highest BCUT2D eigenvalue weighted by Crippen LogP contribution is 2.31. The number of carbonyl (C=O) groups excluding carboxylic acids is 1. The molecule has 3 aromatic heterocycles. The van der Waals surface area contributed by atoms with Crippen LogP contribution in [-0.4, -0.2) is 75.5 Å². The Labute approximate surface area is 290 Å². The molecule has 12 nitrogen and oxygen atoms in total. The van der Waals surface area contributed by atoms with Gasteiger partial charge < -0.3 is 10.6 Å². The molecule has 50 heavy (non-hydrogen) atoms. The van der Waals surface area contributed by atoms with Gasteiger partial charge in [-0.05, 0) is 79.8 Å². The summed E-state index contributed by atoms with van der Waals surface area (Å²) in [5, 5.41) is 22.8. The van der Waals surface area contributed by atoms with Crippen LogP contribution in [0.1, 0.15) is 52.2 Å². The Balaban J connectivity index is 1.22. The number of imidazole rings is 1. The predicted octanol–water partition coefficient (Wildman–Crippen LogP) is 4.78. The van der Waals surface area contributed by atoms with E-state index < -0.39 is 27.2 Å². The Kier molecular flexibility index (Phi) is 9.45. The average molecular weight is 694 g/mol. The SMILES string of the molecule is Cc1cc(F)c(C(=O)Nc2ccc(CN3CCN(S(C)(=O)=O)CC3)c(C(C)(C)C#N)c2)cc1C#Cc1cnc2c(Nc3cn[nH]c3)cccn12. The highest BCUT2D eigenvalue weighted by atomic mass is 32.2. The third-order valence-corrected chi connectivity index (χ3v) is 10.0. The van der Waals surface area contributed by atoms with Gasteiger partial charge in [0.05, 0.1) is 47.1 Å². The molecule has 1 aliphatic rings. The van der Waals surface area contributed by atoms with E-state index in [2.05, 4.69) is 48.6 Å².